The molecule has 3 nitrogen and oxygen atoms in total. The van der Waals surface area contributed by atoms with Crippen molar-refractivity contribution in [2.75, 3.05) is 31.6 Å². The first-order chi connectivity index (χ1) is 8.29. The molecule has 4 heteroatoms. The molecule has 0 aromatic rings. The van der Waals surface area contributed by atoms with Crippen LogP contribution in [-0.4, -0.2) is 42.6 Å². The predicted octanol–water partition coefficient (Wildman–Crippen LogP) is 2.56. The van der Waals surface area contributed by atoms with Crippen molar-refractivity contribution in [1.29, 1.82) is 5.26 Å². The molecule has 0 atom stereocenters. The summed E-state index contributed by atoms with van der Waals surface area (Å²) in [6.07, 6.45) is 5.59. The molecule has 17 heavy (non-hydrogen) atoms. The predicted molar refractivity (Wildman–Crippen MR) is 71.1 cm³/mol. The molecular formula is C13H21BrN2O. The minimum Gasteiger partial charge on any atom is -0.381 e. The Morgan fingerprint density at radius 1 is 1.35 bits per heavy atom. The second-order valence-electron chi connectivity index (χ2n) is 5.36. The van der Waals surface area contributed by atoms with Crippen LogP contribution >= 0.6 is 15.9 Å². The van der Waals surface area contributed by atoms with E-state index in [1.165, 1.54) is 12.8 Å². The highest BCUT2D eigenvalue weighted by Gasteiger charge is 2.37. The van der Waals surface area contributed by atoms with Crippen LogP contribution < -0.4 is 0 Å². The third-order valence-electron chi connectivity index (χ3n) is 3.95. The van der Waals surface area contributed by atoms with Crippen molar-refractivity contribution in [3.05, 3.63) is 0 Å². The van der Waals surface area contributed by atoms with Crippen LogP contribution in [-0.2, 0) is 4.74 Å². The third-order valence-corrected chi connectivity index (χ3v) is 5.14. The molecule has 0 aromatic heterocycles. The summed E-state index contributed by atoms with van der Waals surface area (Å²) in [7, 11) is 0. The minimum absolute atomic E-state index is 0.371. The fourth-order valence-corrected chi connectivity index (χ4v) is 3.33. The number of hydrogen-bond donors (Lipinski definition) is 0. The Labute approximate surface area is 112 Å². The van der Waals surface area contributed by atoms with E-state index in [1.807, 2.05) is 0 Å². The van der Waals surface area contributed by atoms with Gasteiger partial charge >= 0.3 is 0 Å². The number of halogens is 1. The molecule has 96 valence electrons. The van der Waals surface area contributed by atoms with Gasteiger partial charge in [0.2, 0.25) is 0 Å². The third kappa shape index (κ3) is 3.67. The second kappa shape index (κ2) is 6.17. The molecular weight excluding hydrogens is 280 g/mol. The molecule has 1 saturated carbocycles. The maximum absolute atomic E-state index is 8.74. The molecule has 1 saturated heterocycles. The van der Waals surface area contributed by atoms with E-state index < -0.39 is 0 Å². The quantitative estimate of drug-likeness (QED) is 0.707. The van der Waals surface area contributed by atoms with Gasteiger partial charge in [-0.05, 0) is 31.1 Å². The number of alkyl halides is 1. The molecule has 0 bridgehead atoms. The number of nitrogens with zero attached hydrogens (tertiary/aromatic N) is 2. The highest BCUT2D eigenvalue weighted by molar-refractivity contribution is 9.09. The summed E-state index contributed by atoms with van der Waals surface area (Å²) in [5.74, 6) is 0. The lowest BCUT2D eigenvalue weighted by molar-refractivity contribution is 0.00702. The van der Waals surface area contributed by atoms with Crippen molar-refractivity contribution in [2.45, 2.75) is 38.1 Å². The van der Waals surface area contributed by atoms with E-state index in [4.69, 9.17) is 10.00 Å². The van der Waals surface area contributed by atoms with Crippen LogP contribution in [0.5, 0.6) is 0 Å². The van der Waals surface area contributed by atoms with Gasteiger partial charge < -0.3 is 4.74 Å². The SMILES string of the molecule is N#CCCN(CC1(CBr)CCOCC1)C1CC1. The molecule has 0 unspecified atom stereocenters. The molecule has 0 amide bonds. The lowest BCUT2D eigenvalue weighted by Gasteiger charge is -2.40. The van der Waals surface area contributed by atoms with Crippen LogP contribution in [0.3, 0.4) is 0 Å². The molecule has 0 radical (unpaired) electrons. The molecule has 1 heterocycles. The standard InChI is InChI=1S/C13H21BrN2O/c14-10-13(4-8-17-9-5-13)11-16(7-1-6-15)12-2-3-12/h12H,1-5,7-11H2. The first kappa shape index (κ1) is 13.3. The van der Waals surface area contributed by atoms with Crippen LogP contribution in [0.15, 0.2) is 0 Å². The van der Waals surface area contributed by atoms with E-state index in [2.05, 4.69) is 26.9 Å². The molecule has 0 N–H and O–H groups in total. The highest BCUT2D eigenvalue weighted by atomic mass is 79.9. The minimum atomic E-state index is 0.371. The summed E-state index contributed by atoms with van der Waals surface area (Å²) < 4.78 is 5.47. The molecule has 0 spiro atoms. The van der Waals surface area contributed by atoms with Crippen LogP contribution in [0.1, 0.15) is 32.1 Å². The van der Waals surface area contributed by atoms with Gasteiger partial charge in [-0.3, -0.25) is 4.90 Å². The monoisotopic (exact) mass is 300 g/mol. The summed E-state index contributed by atoms with van der Waals surface area (Å²) in [6, 6.07) is 3.02. The van der Waals surface area contributed by atoms with E-state index in [9.17, 15) is 0 Å². The van der Waals surface area contributed by atoms with E-state index in [1.54, 1.807) is 0 Å². The molecule has 1 aliphatic heterocycles. The number of rotatable bonds is 6. The van der Waals surface area contributed by atoms with Gasteiger partial charge in [0.05, 0.1) is 6.07 Å². The topological polar surface area (TPSA) is 36.3 Å². The van der Waals surface area contributed by atoms with Crippen LogP contribution in [0.2, 0.25) is 0 Å². The smallest absolute Gasteiger partial charge is 0.0635 e. The van der Waals surface area contributed by atoms with Crippen molar-refractivity contribution >= 4 is 15.9 Å². The Balaban J connectivity index is 1.92. The number of hydrogen-bond acceptors (Lipinski definition) is 3. The highest BCUT2D eigenvalue weighted by Crippen LogP contribution is 2.37. The Morgan fingerprint density at radius 2 is 2.06 bits per heavy atom. The van der Waals surface area contributed by atoms with Crippen molar-refractivity contribution in [1.82, 2.24) is 4.90 Å². The van der Waals surface area contributed by atoms with Gasteiger partial charge in [0.25, 0.3) is 0 Å². The van der Waals surface area contributed by atoms with Crippen molar-refractivity contribution < 1.29 is 4.74 Å². The van der Waals surface area contributed by atoms with E-state index in [-0.39, 0.29) is 0 Å². The summed E-state index contributed by atoms with van der Waals surface area (Å²) in [4.78, 5) is 2.54. The molecule has 0 aromatic carbocycles. The first-order valence-electron chi connectivity index (χ1n) is 6.54. The fraction of sp³-hybridized carbons (Fsp3) is 0.923. The van der Waals surface area contributed by atoms with E-state index in [0.717, 1.165) is 50.5 Å². The maximum Gasteiger partial charge on any atom is 0.0635 e. The van der Waals surface area contributed by atoms with E-state index in [0.29, 0.717) is 11.8 Å². The van der Waals surface area contributed by atoms with Gasteiger partial charge in [-0.25, -0.2) is 0 Å². The Hall–Kier alpha value is -0.110. The maximum atomic E-state index is 8.74. The normalized spacial score (nSPS) is 23.6. The Morgan fingerprint density at radius 3 is 2.59 bits per heavy atom. The van der Waals surface area contributed by atoms with Gasteiger partial charge in [-0.2, -0.15) is 5.26 Å². The molecule has 1 aliphatic carbocycles. The van der Waals surface area contributed by atoms with Gasteiger partial charge in [0, 0.05) is 44.1 Å². The summed E-state index contributed by atoms with van der Waals surface area (Å²) in [6.45, 7) is 3.86. The largest absolute Gasteiger partial charge is 0.381 e. The second-order valence-corrected chi connectivity index (χ2v) is 5.92. The molecule has 2 fully saturated rings. The Bertz CT molecular complexity index is 280. The van der Waals surface area contributed by atoms with Gasteiger partial charge in [0.1, 0.15) is 0 Å². The van der Waals surface area contributed by atoms with Crippen molar-refractivity contribution in [2.24, 2.45) is 5.41 Å². The van der Waals surface area contributed by atoms with Crippen molar-refractivity contribution in [3.63, 3.8) is 0 Å². The van der Waals surface area contributed by atoms with Gasteiger partial charge in [-0.15, -0.1) is 0 Å². The average Bonchev–Trinajstić information content (AvgIpc) is 3.20. The average molecular weight is 301 g/mol. The number of ether oxygens (including phenoxy) is 1. The van der Waals surface area contributed by atoms with Crippen LogP contribution in [0, 0.1) is 16.7 Å². The van der Waals surface area contributed by atoms with E-state index >= 15 is 0 Å². The fourth-order valence-electron chi connectivity index (χ4n) is 2.59. The van der Waals surface area contributed by atoms with Gasteiger partial charge in [-0.1, -0.05) is 15.9 Å². The van der Waals surface area contributed by atoms with Crippen LogP contribution in [0.25, 0.3) is 0 Å². The zero-order chi connectivity index (χ0) is 12.1. The Kier molecular flexibility index (Phi) is 4.84. The first-order valence-corrected chi connectivity index (χ1v) is 7.66. The summed E-state index contributed by atoms with van der Waals surface area (Å²) in [5.41, 5.74) is 0.371. The molecule has 2 rings (SSSR count). The molecule has 2 aliphatic rings. The van der Waals surface area contributed by atoms with Crippen molar-refractivity contribution in [3.8, 4) is 6.07 Å². The zero-order valence-electron chi connectivity index (χ0n) is 10.3. The lowest BCUT2D eigenvalue weighted by Crippen LogP contribution is -2.44. The number of nitriles is 1. The van der Waals surface area contributed by atoms with Gasteiger partial charge in [0.15, 0.2) is 0 Å². The van der Waals surface area contributed by atoms with Crippen LogP contribution in [0.4, 0.5) is 0 Å². The lowest BCUT2D eigenvalue weighted by atomic mass is 9.81. The summed E-state index contributed by atoms with van der Waals surface area (Å²) >= 11 is 3.69. The zero-order valence-corrected chi connectivity index (χ0v) is 11.9. The summed E-state index contributed by atoms with van der Waals surface area (Å²) in [5, 5.41) is 9.79.